The van der Waals surface area contributed by atoms with Gasteiger partial charge in [0.15, 0.2) is 11.5 Å². The minimum Gasteiger partial charge on any atom is -0.496 e. The maximum atomic E-state index is 13.4. The average molecular weight is 511 g/mol. The summed E-state index contributed by atoms with van der Waals surface area (Å²) < 4.78 is 18.2. The van der Waals surface area contributed by atoms with E-state index in [1.807, 2.05) is 60.7 Å². The summed E-state index contributed by atoms with van der Waals surface area (Å²) in [6.07, 6.45) is 0. The summed E-state index contributed by atoms with van der Waals surface area (Å²) >= 11 is 2.31. The van der Waals surface area contributed by atoms with Gasteiger partial charge in [0, 0.05) is 26.1 Å². The molecule has 1 aliphatic heterocycles. The zero-order chi connectivity index (χ0) is 20.7. The second-order valence-corrected chi connectivity index (χ2v) is 8.09. The number of hydrogen-bond acceptors (Lipinski definition) is 4. The lowest BCUT2D eigenvalue weighted by molar-refractivity contribution is 0.172. The topological polar surface area (TPSA) is 60.6 Å². The van der Waals surface area contributed by atoms with E-state index in [0.717, 1.165) is 25.6 Å². The number of H-pyrrole nitrogens is 1. The van der Waals surface area contributed by atoms with Gasteiger partial charge >= 0.3 is 0 Å². The van der Waals surface area contributed by atoms with Crippen LogP contribution in [0.4, 0.5) is 0 Å². The molecule has 5 nitrogen and oxygen atoms in total. The molecule has 3 aromatic carbocycles. The highest BCUT2D eigenvalue weighted by molar-refractivity contribution is 14.1. The Morgan fingerprint density at radius 1 is 0.900 bits per heavy atom. The monoisotopic (exact) mass is 511 g/mol. The molecule has 1 aromatic heterocycles. The summed E-state index contributed by atoms with van der Waals surface area (Å²) in [4.78, 5) is 16.4. The van der Waals surface area contributed by atoms with Crippen LogP contribution in [0.3, 0.4) is 0 Å². The van der Waals surface area contributed by atoms with Crippen LogP contribution < -0.4 is 19.8 Å². The number of aromatic nitrogens is 1. The normalized spacial score (nSPS) is 12.7. The van der Waals surface area contributed by atoms with Crippen LogP contribution in [0.2, 0.25) is 0 Å². The van der Waals surface area contributed by atoms with E-state index in [2.05, 4.69) is 27.6 Å². The van der Waals surface area contributed by atoms with Crippen molar-refractivity contribution in [3.05, 3.63) is 74.6 Å². The Morgan fingerprint density at radius 3 is 2.30 bits per heavy atom. The van der Waals surface area contributed by atoms with Gasteiger partial charge in [-0.3, -0.25) is 4.79 Å². The molecule has 150 valence electrons. The summed E-state index contributed by atoms with van der Waals surface area (Å²) in [5.41, 5.74) is 3.66. The molecule has 0 unspecified atom stereocenters. The van der Waals surface area contributed by atoms with E-state index in [0.29, 0.717) is 41.5 Å². The first-order valence-electron chi connectivity index (χ1n) is 9.55. The molecule has 0 aliphatic carbocycles. The Balaban J connectivity index is 1.94. The highest BCUT2D eigenvalue weighted by Gasteiger charge is 2.23. The number of para-hydroxylation sites is 1. The molecule has 0 saturated heterocycles. The predicted octanol–water partition coefficient (Wildman–Crippen LogP) is 5.25. The molecule has 6 heteroatoms. The van der Waals surface area contributed by atoms with Gasteiger partial charge < -0.3 is 19.2 Å². The minimum atomic E-state index is -0.182. The average Bonchev–Trinajstić information content (AvgIpc) is 2.77. The second-order valence-electron chi connectivity index (χ2n) is 6.93. The lowest BCUT2D eigenvalue weighted by atomic mass is 9.91. The third-order valence-electron chi connectivity index (χ3n) is 5.20. The number of benzene rings is 3. The highest BCUT2D eigenvalue weighted by Crippen LogP contribution is 2.43. The van der Waals surface area contributed by atoms with Crippen molar-refractivity contribution in [3.63, 3.8) is 0 Å². The summed E-state index contributed by atoms with van der Waals surface area (Å²) in [6.45, 7) is 0.991. The van der Waals surface area contributed by atoms with Crippen molar-refractivity contribution in [3.8, 4) is 39.5 Å². The number of pyridine rings is 1. The van der Waals surface area contributed by atoms with Gasteiger partial charge in [0.2, 0.25) is 0 Å². The molecular formula is C24H18INO4. The maximum Gasteiger partial charge on any atom is 0.257 e. The Labute approximate surface area is 186 Å². The molecule has 1 N–H and O–H groups in total. The quantitative estimate of drug-likeness (QED) is 0.382. The number of rotatable bonds is 3. The zero-order valence-corrected chi connectivity index (χ0v) is 18.4. The van der Waals surface area contributed by atoms with Gasteiger partial charge in [0.25, 0.3) is 5.56 Å². The molecule has 0 bridgehead atoms. The van der Waals surface area contributed by atoms with Crippen molar-refractivity contribution >= 4 is 33.5 Å². The number of nitrogens with one attached hydrogen (secondary N) is 1. The molecule has 2 heterocycles. The van der Waals surface area contributed by atoms with E-state index in [1.165, 1.54) is 0 Å². The van der Waals surface area contributed by atoms with Crippen LogP contribution >= 0.6 is 22.6 Å². The summed E-state index contributed by atoms with van der Waals surface area (Å²) in [7, 11) is 1.61. The number of aromatic amines is 1. The SMILES string of the molecule is COc1ccccc1-c1c(-c2ccccc2I)c2cc3c(cc2[nH]c1=O)OCCO3. The van der Waals surface area contributed by atoms with E-state index in [4.69, 9.17) is 14.2 Å². The second kappa shape index (κ2) is 7.68. The third kappa shape index (κ3) is 3.11. The number of halogens is 1. The Bertz CT molecular complexity index is 1330. The van der Waals surface area contributed by atoms with Gasteiger partial charge in [-0.2, -0.15) is 0 Å². The van der Waals surface area contributed by atoms with E-state index >= 15 is 0 Å². The molecule has 0 spiro atoms. The van der Waals surface area contributed by atoms with Crippen LogP contribution in [0.5, 0.6) is 17.2 Å². The first-order valence-corrected chi connectivity index (χ1v) is 10.6. The van der Waals surface area contributed by atoms with Gasteiger partial charge in [0.1, 0.15) is 19.0 Å². The molecule has 0 fully saturated rings. The Hall–Kier alpha value is -3.00. The number of ether oxygens (including phenoxy) is 3. The van der Waals surface area contributed by atoms with Gasteiger partial charge in [-0.05, 0) is 46.4 Å². The fraction of sp³-hybridized carbons (Fsp3) is 0.125. The molecule has 0 atom stereocenters. The molecule has 0 radical (unpaired) electrons. The van der Waals surface area contributed by atoms with Gasteiger partial charge in [-0.25, -0.2) is 0 Å². The molecule has 1 aliphatic rings. The zero-order valence-electron chi connectivity index (χ0n) is 16.2. The van der Waals surface area contributed by atoms with Crippen molar-refractivity contribution in [2.24, 2.45) is 0 Å². The number of fused-ring (bicyclic) bond motifs is 2. The van der Waals surface area contributed by atoms with Crippen molar-refractivity contribution in [1.29, 1.82) is 0 Å². The van der Waals surface area contributed by atoms with Crippen LogP contribution in [0.15, 0.2) is 65.5 Å². The predicted molar refractivity (Wildman–Crippen MR) is 126 cm³/mol. The Kier molecular flexibility index (Phi) is 4.86. The summed E-state index contributed by atoms with van der Waals surface area (Å²) in [6, 6.07) is 19.4. The molecule has 5 rings (SSSR count). The first kappa shape index (κ1) is 19.0. The maximum absolute atomic E-state index is 13.4. The Morgan fingerprint density at radius 2 is 1.57 bits per heavy atom. The van der Waals surface area contributed by atoms with Crippen molar-refractivity contribution in [2.45, 2.75) is 0 Å². The lowest BCUT2D eigenvalue weighted by Gasteiger charge is -2.21. The largest absolute Gasteiger partial charge is 0.496 e. The fourth-order valence-electron chi connectivity index (χ4n) is 3.88. The summed E-state index contributed by atoms with van der Waals surface area (Å²) in [5.74, 6) is 1.97. The van der Waals surface area contributed by atoms with E-state index < -0.39 is 0 Å². The van der Waals surface area contributed by atoms with Crippen molar-refractivity contribution in [1.82, 2.24) is 4.98 Å². The molecule has 0 saturated carbocycles. The highest BCUT2D eigenvalue weighted by atomic mass is 127. The lowest BCUT2D eigenvalue weighted by Crippen LogP contribution is -2.16. The smallest absolute Gasteiger partial charge is 0.257 e. The van der Waals surface area contributed by atoms with Gasteiger partial charge in [-0.1, -0.05) is 36.4 Å². The fourth-order valence-corrected chi connectivity index (χ4v) is 4.54. The van der Waals surface area contributed by atoms with Crippen LogP contribution in [0.1, 0.15) is 0 Å². The summed E-state index contributed by atoms with van der Waals surface area (Å²) in [5, 5.41) is 0.892. The van der Waals surface area contributed by atoms with E-state index in [1.54, 1.807) is 7.11 Å². The van der Waals surface area contributed by atoms with Gasteiger partial charge in [0.05, 0.1) is 18.2 Å². The van der Waals surface area contributed by atoms with E-state index in [-0.39, 0.29) is 5.56 Å². The first-order chi connectivity index (χ1) is 14.7. The van der Waals surface area contributed by atoms with Crippen LogP contribution in [0.25, 0.3) is 33.2 Å². The number of hydrogen-bond donors (Lipinski definition) is 1. The van der Waals surface area contributed by atoms with Crippen molar-refractivity contribution < 1.29 is 14.2 Å². The molecule has 30 heavy (non-hydrogen) atoms. The van der Waals surface area contributed by atoms with Crippen LogP contribution in [-0.4, -0.2) is 25.3 Å². The van der Waals surface area contributed by atoms with Crippen LogP contribution in [0, 0.1) is 3.57 Å². The van der Waals surface area contributed by atoms with Crippen LogP contribution in [-0.2, 0) is 0 Å². The third-order valence-corrected chi connectivity index (χ3v) is 6.14. The minimum absolute atomic E-state index is 0.182. The molecular weight excluding hydrogens is 493 g/mol. The molecule has 0 amide bonds. The molecule has 4 aromatic rings. The van der Waals surface area contributed by atoms with Gasteiger partial charge in [-0.15, -0.1) is 0 Å². The van der Waals surface area contributed by atoms with Crippen molar-refractivity contribution in [2.75, 3.05) is 20.3 Å². The number of methoxy groups -OCH3 is 1. The standard InChI is InChI=1S/C24H18INO4/c1-28-19-9-5-3-7-15(19)23-22(14-6-2-4-8-17(14)25)16-12-20-21(30-11-10-29-20)13-18(16)26-24(23)27/h2-9,12-13H,10-11H2,1H3,(H,26,27). The van der Waals surface area contributed by atoms with E-state index in [9.17, 15) is 4.79 Å².